The number of likely N-dealkylation sites (N-methyl/N-ethyl adjacent to an activating group) is 1. The molecule has 0 radical (unpaired) electrons. The van der Waals surface area contributed by atoms with Crippen LogP contribution in [0.5, 0.6) is 5.75 Å². The molecule has 1 aliphatic heterocycles. The van der Waals surface area contributed by atoms with Gasteiger partial charge < -0.3 is 25.4 Å². The summed E-state index contributed by atoms with van der Waals surface area (Å²) in [6.07, 6.45) is -0.720. The molecule has 12 heteroatoms. The van der Waals surface area contributed by atoms with Crippen molar-refractivity contribution in [1.82, 2.24) is 9.21 Å². The Morgan fingerprint density at radius 3 is 2.44 bits per heavy atom. The number of aliphatic hydroxyl groups is 1. The molecule has 0 fully saturated rings. The summed E-state index contributed by atoms with van der Waals surface area (Å²) < 4.78 is 34.3. The van der Waals surface area contributed by atoms with Crippen molar-refractivity contribution in [2.75, 3.05) is 37.4 Å². The summed E-state index contributed by atoms with van der Waals surface area (Å²) in [7, 11) is -2.44. The second kappa shape index (κ2) is 12.9. The van der Waals surface area contributed by atoms with Crippen molar-refractivity contribution in [3.8, 4) is 5.75 Å². The number of halogens is 1. The van der Waals surface area contributed by atoms with E-state index in [2.05, 4.69) is 10.6 Å². The molecule has 4 rings (SSSR count). The van der Waals surface area contributed by atoms with Gasteiger partial charge in [-0.2, -0.15) is 4.31 Å². The molecule has 3 amide bonds. The van der Waals surface area contributed by atoms with E-state index in [4.69, 9.17) is 16.3 Å². The van der Waals surface area contributed by atoms with Crippen LogP contribution in [0.1, 0.15) is 24.2 Å². The van der Waals surface area contributed by atoms with Crippen LogP contribution in [0, 0.1) is 5.92 Å². The van der Waals surface area contributed by atoms with E-state index in [9.17, 15) is 23.1 Å². The lowest BCUT2D eigenvalue weighted by atomic mass is 9.99. The molecule has 0 bridgehead atoms. The number of urea groups is 1. The molecule has 0 aromatic heterocycles. The first-order chi connectivity index (χ1) is 19.5. The maximum absolute atomic E-state index is 13.7. The van der Waals surface area contributed by atoms with E-state index in [0.717, 1.165) is 0 Å². The Balaban J connectivity index is 1.68. The molecule has 0 saturated heterocycles. The molecule has 0 aliphatic carbocycles. The van der Waals surface area contributed by atoms with Gasteiger partial charge in [-0.05, 0) is 55.5 Å². The molecular formula is C29H33ClN4O6S. The number of hydrogen-bond acceptors (Lipinski definition) is 6. The molecule has 3 aromatic rings. The fourth-order valence-electron chi connectivity index (χ4n) is 4.50. The number of sulfonamides is 1. The number of anilines is 2. The molecule has 3 aromatic carbocycles. The SMILES string of the molecule is C[C@@H]1CN([C@@H](C)CO)C(=O)c2cccc(NC(=O)Nc3ccccc3)c2O[C@H]1CN(C)S(=O)(=O)c1ccc(Cl)cc1. The van der Waals surface area contributed by atoms with Gasteiger partial charge >= 0.3 is 6.03 Å². The van der Waals surface area contributed by atoms with Gasteiger partial charge in [-0.15, -0.1) is 0 Å². The fourth-order valence-corrected chi connectivity index (χ4v) is 5.81. The third kappa shape index (κ3) is 6.99. The molecule has 41 heavy (non-hydrogen) atoms. The third-order valence-electron chi connectivity index (χ3n) is 6.93. The maximum atomic E-state index is 13.7. The minimum atomic E-state index is -3.89. The summed E-state index contributed by atoms with van der Waals surface area (Å²) in [6.45, 7) is 3.48. The molecule has 10 nitrogen and oxygen atoms in total. The van der Waals surface area contributed by atoms with Gasteiger partial charge in [0, 0.05) is 30.2 Å². The largest absolute Gasteiger partial charge is 0.486 e. The Morgan fingerprint density at radius 1 is 1.10 bits per heavy atom. The zero-order valence-corrected chi connectivity index (χ0v) is 24.5. The van der Waals surface area contributed by atoms with E-state index in [1.807, 2.05) is 13.0 Å². The zero-order valence-electron chi connectivity index (χ0n) is 23.0. The normalized spacial score (nSPS) is 18.1. The summed E-state index contributed by atoms with van der Waals surface area (Å²) >= 11 is 5.94. The molecule has 3 N–H and O–H groups in total. The van der Waals surface area contributed by atoms with Crippen LogP contribution in [0.15, 0.2) is 77.7 Å². The number of nitrogens with zero attached hydrogens (tertiary/aromatic N) is 2. The molecule has 218 valence electrons. The number of hydrogen-bond donors (Lipinski definition) is 3. The number of nitrogens with one attached hydrogen (secondary N) is 2. The Kier molecular flexibility index (Phi) is 9.54. The number of amides is 3. The predicted molar refractivity (Wildman–Crippen MR) is 158 cm³/mol. The van der Waals surface area contributed by atoms with Crippen LogP contribution in [0.4, 0.5) is 16.2 Å². The molecule has 1 aliphatic rings. The van der Waals surface area contributed by atoms with Crippen molar-refractivity contribution in [2.45, 2.75) is 30.9 Å². The van der Waals surface area contributed by atoms with Crippen LogP contribution in [-0.2, 0) is 10.0 Å². The maximum Gasteiger partial charge on any atom is 0.323 e. The van der Waals surface area contributed by atoms with Gasteiger partial charge in [-0.25, -0.2) is 13.2 Å². The molecule has 1 heterocycles. The number of benzene rings is 3. The lowest BCUT2D eigenvalue weighted by Gasteiger charge is -2.38. The molecule has 0 saturated carbocycles. The van der Waals surface area contributed by atoms with E-state index in [-0.39, 0.29) is 53.4 Å². The van der Waals surface area contributed by atoms with Gasteiger partial charge in [-0.1, -0.05) is 42.8 Å². The topological polar surface area (TPSA) is 128 Å². The Bertz CT molecular complexity index is 1490. The average Bonchev–Trinajstić information content (AvgIpc) is 2.95. The van der Waals surface area contributed by atoms with E-state index in [1.54, 1.807) is 54.3 Å². The van der Waals surface area contributed by atoms with E-state index in [0.29, 0.717) is 10.7 Å². The number of fused-ring (bicyclic) bond motifs is 1. The number of rotatable bonds is 8. The zero-order chi connectivity index (χ0) is 29.7. The first-order valence-corrected chi connectivity index (χ1v) is 14.9. The van der Waals surface area contributed by atoms with Crippen molar-refractivity contribution in [2.24, 2.45) is 5.92 Å². The van der Waals surface area contributed by atoms with Crippen molar-refractivity contribution >= 4 is 44.9 Å². The molecule has 0 spiro atoms. The second-order valence-corrected chi connectivity index (χ2v) is 12.5. The van der Waals surface area contributed by atoms with E-state index >= 15 is 0 Å². The fraction of sp³-hybridized carbons (Fsp3) is 0.310. The number of carbonyl (C=O) groups excluding carboxylic acids is 2. The van der Waals surface area contributed by atoms with Gasteiger partial charge in [0.25, 0.3) is 5.91 Å². The van der Waals surface area contributed by atoms with Crippen molar-refractivity contribution in [1.29, 1.82) is 0 Å². The van der Waals surface area contributed by atoms with Crippen LogP contribution in [0.3, 0.4) is 0 Å². The van der Waals surface area contributed by atoms with Crippen LogP contribution >= 0.6 is 11.6 Å². The lowest BCUT2D eigenvalue weighted by Crippen LogP contribution is -2.50. The quantitative estimate of drug-likeness (QED) is 0.349. The molecule has 0 unspecified atom stereocenters. The Morgan fingerprint density at radius 2 is 1.78 bits per heavy atom. The van der Waals surface area contributed by atoms with Crippen molar-refractivity contribution in [3.05, 3.63) is 83.4 Å². The number of carbonyl (C=O) groups is 2. The van der Waals surface area contributed by atoms with Crippen molar-refractivity contribution in [3.63, 3.8) is 0 Å². The standard InChI is InChI=1S/C29H33ClN4O6S/c1-19-16-34(20(2)18-35)28(36)24-10-7-11-25(32-29(37)31-22-8-5-4-6-9-22)27(24)40-26(19)17-33(3)41(38,39)23-14-12-21(30)13-15-23/h4-15,19-20,26,35H,16-18H2,1-3H3,(H2,31,32,37)/t19-,20+,26+/m1/s1. The summed E-state index contributed by atoms with van der Waals surface area (Å²) in [6, 6.07) is 18.5. The minimum Gasteiger partial charge on any atom is -0.486 e. The van der Waals surface area contributed by atoms with Gasteiger partial charge in [0.2, 0.25) is 10.0 Å². The summed E-state index contributed by atoms with van der Waals surface area (Å²) in [4.78, 5) is 28.1. The van der Waals surface area contributed by atoms with Gasteiger partial charge in [0.15, 0.2) is 5.75 Å². The van der Waals surface area contributed by atoms with E-state index in [1.165, 1.54) is 35.6 Å². The second-order valence-electron chi connectivity index (χ2n) is 9.99. The Hall–Kier alpha value is -3.64. The first-order valence-electron chi connectivity index (χ1n) is 13.1. The predicted octanol–water partition coefficient (Wildman–Crippen LogP) is 4.52. The highest BCUT2D eigenvalue weighted by Crippen LogP contribution is 2.35. The molecular weight excluding hydrogens is 568 g/mol. The van der Waals surface area contributed by atoms with Crippen molar-refractivity contribution < 1.29 is 27.9 Å². The Labute approximate surface area is 244 Å². The van der Waals surface area contributed by atoms with Gasteiger partial charge in [0.05, 0.1) is 35.3 Å². The van der Waals surface area contributed by atoms with E-state index < -0.39 is 28.2 Å². The average molecular weight is 601 g/mol. The molecule has 3 atom stereocenters. The number of para-hydroxylation sites is 2. The highest BCUT2D eigenvalue weighted by Gasteiger charge is 2.36. The van der Waals surface area contributed by atoms with Crippen LogP contribution in [0.25, 0.3) is 0 Å². The van der Waals surface area contributed by atoms with Crippen LogP contribution in [0.2, 0.25) is 5.02 Å². The highest BCUT2D eigenvalue weighted by atomic mass is 35.5. The minimum absolute atomic E-state index is 0.0500. The van der Waals surface area contributed by atoms with Crippen LogP contribution in [-0.4, -0.2) is 73.6 Å². The summed E-state index contributed by atoms with van der Waals surface area (Å²) in [5.74, 6) is -0.610. The monoisotopic (exact) mass is 600 g/mol. The number of ether oxygens (including phenoxy) is 1. The lowest BCUT2D eigenvalue weighted by molar-refractivity contribution is 0.0389. The summed E-state index contributed by atoms with van der Waals surface area (Å²) in [5, 5.41) is 15.8. The van der Waals surface area contributed by atoms with Crippen LogP contribution < -0.4 is 15.4 Å². The van der Waals surface area contributed by atoms with Gasteiger partial charge in [-0.3, -0.25) is 4.79 Å². The summed E-state index contributed by atoms with van der Waals surface area (Å²) in [5.41, 5.74) is 0.996. The first kappa shape index (κ1) is 30.3. The highest BCUT2D eigenvalue weighted by molar-refractivity contribution is 7.89. The smallest absolute Gasteiger partial charge is 0.323 e. The van der Waals surface area contributed by atoms with Gasteiger partial charge in [0.1, 0.15) is 6.10 Å². The number of aliphatic hydroxyl groups excluding tert-OH is 1. The third-order valence-corrected chi connectivity index (χ3v) is 9.02.